The van der Waals surface area contributed by atoms with Gasteiger partial charge in [-0.3, -0.25) is 19.0 Å². The summed E-state index contributed by atoms with van der Waals surface area (Å²) in [5, 5.41) is 5.32. The van der Waals surface area contributed by atoms with E-state index in [-0.39, 0.29) is 23.9 Å². The number of fused-ring (bicyclic) bond motifs is 3. The lowest BCUT2D eigenvalue weighted by molar-refractivity contribution is -0.125. The minimum absolute atomic E-state index is 0.0921. The molecule has 0 bridgehead atoms. The van der Waals surface area contributed by atoms with Crippen LogP contribution in [0, 0.1) is 11.6 Å². The number of halogens is 2. The van der Waals surface area contributed by atoms with Gasteiger partial charge in [0.2, 0.25) is 11.8 Å². The van der Waals surface area contributed by atoms with E-state index >= 15 is 0 Å². The molecule has 2 aromatic heterocycles. The molecule has 1 aliphatic rings. The second-order valence-corrected chi connectivity index (χ2v) is 10.9. The molecule has 0 aliphatic heterocycles. The lowest BCUT2D eigenvalue weighted by atomic mass is 9.91. The van der Waals surface area contributed by atoms with Crippen molar-refractivity contribution in [3.05, 3.63) is 76.4 Å². The average molecular weight is 566 g/mol. The molecular formula is C28H29F2N7O2S. The predicted octanol–water partition coefficient (Wildman–Crippen LogP) is 3.72. The maximum atomic E-state index is 13.4. The van der Waals surface area contributed by atoms with Crippen LogP contribution in [0.1, 0.15) is 41.8 Å². The van der Waals surface area contributed by atoms with Crippen molar-refractivity contribution in [2.24, 2.45) is 16.5 Å². The fraction of sp³-hybridized carbons (Fsp3) is 0.286. The van der Waals surface area contributed by atoms with E-state index in [4.69, 9.17) is 16.5 Å². The molecule has 2 aromatic carbocycles. The molecule has 12 heteroatoms. The van der Waals surface area contributed by atoms with Crippen LogP contribution in [0.25, 0.3) is 16.2 Å². The molecule has 2 amide bonds. The maximum Gasteiger partial charge on any atom is 0.246 e. The molecule has 4 aromatic rings. The Kier molecular flexibility index (Phi) is 7.78. The molecule has 40 heavy (non-hydrogen) atoms. The van der Waals surface area contributed by atoms with Crippen LogP contribution in [-0.4, -0.2) is 39.7 Å². The van der Waals surface area contributed by atoms with Gasteiger partial charge >= 0.3 is 0 Å². The number of anilines is 1. The molecule has 0 saturated heterocycles. The van der Waals surface area contributed by atoms with Crippen LogP contribution in [0.15, 0.2) is 53.7 Å². The van der Waals surface area contributed by atoms with E-state index in [1.807, 2.05) is 18.3 Å². The molecule has 0 saturated carbocycles. The Hall–Kier alpha value is -4.32. The Balaban J connectivity index is 1.22. The molecule has 208 valence electrons. The fourth-order valence-electron chi connectivity index (χ4n) is 4.92. The monoisotopic (exact) mass is 565 g/mol. The van der Waals surface area contributed by atoms with E-state index in [0.717, 1.165) is 53.7 Å². The molecule has 6 N–H and O–H groups in total. The first-order valence-electron chi connectivity index (χ1n) is 12.9. The van der Waals surface area contributed by atoms with E-state index in [1.54, 1.807) is 23.5 Å². The van der Waals surface area contributed by atoms with Crippen molar-refractivity contribution in [1.29, 1.82) is 0 Å². The summed E-state index contributed by atoms with van der Waals surface area (Å²) in [7, 11) is 0. The molecule has 2 heterocycles. The number of aryl methyl sites for hydroxylation is 1. The van der Waals surface area contributed by atoms with Gasteiger partial charge in [0.25, 0.3) is 0 Å². The highest BCUT2D eigenvalue weighted by molar-refractivity contribution is 7.17. The molecular weight excluding hydrogens is 536 g/mol. The molecule has 2 atom stereocenters. The molecule has 0 spiro atoms. The summed E-state index contributed by atoms with van der Waals surface area (Å²) in [6.45, 7) is 2.08. The Labute approximate surface area is 233 Å². The predicted molar refractivity (Wildman–Crippen MR) is 151 cm³/mol. The molecule has 0 radical (unpaired) electrons. The van der Waals surface area contributed by atoms with Gasteiger partial charge in [-0.05, 0) is 56.0 Å². The van der Waals surface area contributed by atoms with Gasteiger partial charge in [0.05, 0.1) is 18.7 Å². The minimum atomic E-state index is -0.858. The standard InChI is InChI=1S/C28H29F2N7O2S/c1-15(34-24(38)11-16-9-19(29)12-20(30)10-16)26(39)35-21-7-5-17(6-8-21)22-14-37-25-18(13-33-27(31)32)3-2-4-23(25)40-28(37)36-22/h5-10,12,14-15,18H,2-4,11,13H2,1H3,(H,34,38)(H,35,39)(H4,31,32,33)/t15-,18?/m0/s1. The summed E-state index contributed by atoms with van der Waals surface area (Å²) in [4.78, 5) is 36.2. The van der Waals surface area contributed by atoms with Gasteiger partial charge in [0, 0.05) is 40.0 Å². The van der Waals surface area contributed by atoms with Crippen molar-refractivity contribution in [3.63, 3.8) is 0 Å². The van der Waals surface area contributed by atoms with Crippen molar-refractivity contribution in [1.82, 2.24) is 14.7 Å². The molecule has 5 rings (SSSR count). The number of guanidine groups is 1. The zero-order valence-electron chi connectivity index (χ0n) is 21.8. The number of hydrogen-bond donors (Lipinski definition) is 4. The van der Waals surface area contributed by atoms with Crippen LogP contribution in [0.4, 0.5) is 14.5 Å². The lowest BCUT2D eigenvalue weighted by Crippen LogP contribution is -2.42. The SMILES string of the molecule is C[C@H](NC(=O)Cc1cc(F)cc(F)c1)C(=O)Nc1ccc(-c2cn3c4c(sc3n2)CCCC4CN=C(N)N)cc1. The minimum Gasteiger partial charge on any atom is -0.370 e. The number of nitrogens with two attached hydrogens (primary N) is 2. The van der Waals surface area contributed by atoms with Crippen molar-refractivity contribution in [2.45, 2.75) is 44.6 Å². The highest BCUT2D eigenvalue weighted by Gasteiger charge is 2.26. The number of nitrogens with one attached hydrogen (secondary N) is 2. The molecule has 0 fully saturated rings. The van der Waals surface area contributed by atoms with Gasteiger partial charge in [-0.2, -0.15) is 0 Å². The first-order chi connectivity index (χ1) is 19.2. The number of carbonyl (C=O) groups excluding carboxylic acids is 2. The number of carbonyl (C=O) groups is 2. The zero-order chi connectivity index (χ0) is 28.4. The van der Waals surface area contributed by atoms with E-state index < -0.39 is 29.5 Å². The summed E-state index contributed by atoms with van der Waals surface area (Å²) >= 11 is 1.69. The smallest absolute Gasteiger partial charge is 0.246 e. The average Bonchev–Trinajstić information content (AvgIpc) is 3.45. The quantitative estimate of drug-likeness (QED) is 0.190. The zero-order valence-corrected chi connectivity index (χ0v) is 22.6. The number of thiazole rings is 1. The number of hydrogen-bond acceptors (Lipinski definition) is 5. The fourth-order valence-corrected chi connectivity index (χ4v) is 6.15. The van der Waals surface area contributed by atoms with Crippen molar-refractivity contribution in [3.8, 4) is 11.3 Å². The van der Waals surface area contributed by atoms with Crippen LogP contribution in [0.3, 0.4) is 0 Å². The first kappa shape index (κ1) is 27.3. The van der Waals surface area contributed by atoms with E-state index in [1.165, 1.54) is 17.5 Å². The summed E-state index contributed by atoms with van der Waals surface area (Å²) in [6.07, 6.45) is 4.90. The van der Waals surface area contributed by atoms with Gasteiger partial charge in [-0.1, -0.05) is 12.1 Å². The van der Waals surface area contributed by atoms with Gasteiger partial charge in [-0.15, -0.1) is 11.3 Å². The van der Waals surface area contributed by atoms with Gasteiger partial charge in [0.15, 0.2) is 10.9 Å². The van der Waals surface area contributed by atoms with Crippen molar-refractivity contribution < 1.29 is 18.4 Å². The number of benzene rings is 2. The number of amides is 2. The van der Waals surface area contributed by atoms with Crippen LogP contribution < -0.4 is 22.1 Å². The number of imidazole rings is 1. The van der Waals surface area contributed by atoms with E-state index in [0.29, 0.717) is 12.2 Å². The molecule has 1 unspecified atom stereocenters. The molecule has 9 nitrogen and oxygen atoms in total. The first-order valence-corrected chi connectivity index (χ1v) is 13.7. The Morgan fingerprint density at radius 1 is 1.18 bits per heavy atom. The van der Waals surface area contributed by atoms with Gasteiger partial charge in [0.1, 0.15) is 17.7 Å². The highest BCUT2D eigenvalue weighted by Crippen LogP contribution is 2.38. The number of rotatable bonds is 8. The Morgan fingerprint density at radius 2 is 1.90 bits per heavy atom. The third-order valence-corrected chi connectivity index (χ3v) is 7.91. The number of aromatic nitrogens is 2. The topological polar surface area (TPSA) is 140 Å². The van der Waals surface area contributed by atoms with Crippen LogP contribution in [0.5, 0.6) is 0 Å². The Morgan fingerprint density at radius 3 is 2.60 bits per heavy atom. The van der Waals surface area contributed by atoms with E-state index in [2.05, 4.69) is 20.0 Å². The highest BCUT2D eigenvalue weighted by atomic mass is 32.1. The van der Waals surface area contributed by atoms with Gasteiger partial charge in [-0.25, -0.2) is 13.8 Å². The number of aliphatic imine (C=N–C) groups is 1. The second-order valence-electron chi connectivity index (χ2n) is 9.85. The van der Waals surface area contributed by atoms with Gasteiger partial charge < -0.3 is 22.1 Å². The summed E-state index contributed by atoms with van der Waals surface area (Å²) in [5.74, 6) is -2.15. The summed E-state index contributed by atoms with van der Waals surface area (Å²) in [5.41, 5.74) is 14.8. The van der Waals surface area contributed by atoms with Crippen molar-refractivity contribution >= 4 is 39.8 Å². The second kappa shape index (κ2) is 11.4. The normalized spacial score (nSPS) is 15.3. The molecule has 1 aliphatic carbocycles. The van der Waals surface area contributed by atoms with Crippen molar-refractivity contribution in [2.75, 3.05) is 11.9 Å². The third kappa shape index (κ3) is 6.12. The summed E-state index contributed by atoms with van der Waals surface area (Å²) < 4.78 is 28.9. The van der Waals surface area contributed by atoms with Crippen LogP contribution in [-0.2, 0) is 22.4 Å². The number of nitrogens with zero attached hydrogens (tertiary/aromatic N) is 3. The Bertz CT molecular complexity index is 1570. The lowest BCUT2D eigenvalue weighted by Gasteiger charge is -2.21. The van der Waals surface area contributed by atoms with Crippen LogP contribution >= 0.6 is 11.3 Å². The van der Waals surface area contributed by atoms with Crippen LogP contribution in [0.2, 0.25) is 0 Å². The largest absolute Gasteiger partial charge is 0.370 e. The summed E-state index contributed by atoms with van der Waals surface area (Å²) in [6, 6.07) is 9.31. The van der Waals surface area contributed by atoms with E-state index in [9.17, 15) is 18.4 Å². The third-order valence-electron chi connectivity index (χ3n) is 6.78. The maximum absolute atomic E-state index is 13.4.